The van der Waals surface area contributed by atoms with Gasteiger partial charge in [-0.1, -0.05) is 0 Å². The third-order valence-electron chi connectivity index (χ3n) is 4.27. The number of nitrogens with one attached hydrogen (secondary N) is 1. The van der Waals surface area contributed by atoms with Crippen LogP contribution >= 0.6 is 0 Å². The Labute approximate surface area is 121 Å². The van der Waals surface area contributed by atoms with Crippen molar-refractivity contribution in [3.8, 4) is 0 Å². The van der Waals surface area contributed by atoms with Crippen LogP contribution in [0.5, 0.6) is 0 Å². The first-order valence-corrected chi connectivity index (χ1v) is 7.48. The van der Waals surface area contributed by atoms with Crippen molar-refractivity contribution in [1.29, 1.82) is 0 Å². The SMILES string of the molecule is CC(C)(C)OC(=O)N1CCCC(C2(C)CCC(=O)N2)C1. The first-order valence-electron chi connectivity index (χ1n) is 7.48. The van der Waals surface area contributed by atoms with E-state index >= 15 is 0 Å². The topological polar surface area (TPSA) is 58.6 Å². The summed E-state index contributed by atoms with van der Waals surface area (Å²) < 4.78 is 5.44. The molecule has 0 radical (unpaired) electrons. The number of rotatable bonds is 1. The first-order chi connectivity index (χ1) is 9.20. The lowest BCUT2D eigenvalue weighted by atomic mass is 9.79. The summed E-state index contributed by atoms with van der Waals surface area (Å²) in [4.78, 5) is 25.4. The predicted octanol–water partition coefficient (Wildman–Crippen LogP) is 2.30. The molecule has 5 nitrogen and oxygen atoms in total. The molecule has 5 heteroatoms. The minimum atomic E-state index is -0.463. The van der Waals surface area contributed by atoms with Gasteiger partial charge in [0.1, 0.15) is 5.60 Å². The average molecular weight is 282 g/mol. The van der Waals surface area contributed by atoms with Gasteiger partial charge in [-0.3, -0.25) is 4.79 Å². The van der Waals surface area contributed by atoms with Crippen molar-refractivity contribution in [2.45, 2.75) is 64.5 Å². The van der Waals surface area contributed by atoms with E-state index < -0.39 is 5.60 Å². The summed E-state index contributed by atoms with van der Waals surface area (Å²) in [6.07, 6.45) is 3.24. The molecule has 2 heterocycles. The number of ether oxygens (including phenoxy) is 1. The number of piperidine rings is 1. The molecular formula is C15H26N2O3. The van der Waals surface area contributed by atoms with Crippen molar-refractivity contribution >= 4 is 12.0 Å². The zero-order valence-electron chi connectivity index (χ0n) is 13.0. The summed E-state index contributed by atoms with van der Waals surface area (Å²) in [5, 5.41) is 3.09. The van der Waals surface area contributed by atoms with Gasteiger partial charge in [-0.25, -0.2) is 4.79 Å². The van der Waals surface area contributed by atoms with Gasteiger partial charge < -0.3 is 15.0 Å². The summed E-state index contributed by atoms with van der Waals surface area (Å²) in [6.45, 7) is 9.16. The summed E-state index contributed by atoms with van der Waals surface area (Å²) in [7, 11) is 0. The number of hydrogen-bond donors (Lipinski definition) is 1. The van der Waals surface area contributed by atoms with Gasteiger partial charge in [-0.2, -0.15) is 0 Å². The molecule has 0 aliphatic carbocycles. The fraction of sp³-hybridized carbons (Fsp3) is 0.867. The molecule has 114 valence electrons. The lowest BCUT2D eigenvalue weighted by molar-refractivity contribution is -0.120. The Morgan fingerprint density at radius 2 is 2.15 bits per heavy atom. The molecule has 0 aromatic heterocycles. The first kappa shape index (κ1) is 15.1. The zero-order valence-corrected chi connectivity index (χ0v) is 13.0. The molecule has 0 aromatic rings. The van der Waals surface area contributed by atoms with Crippen LogP contribution in [0.15, 0.2) is 0 Å². The molecule has 2 aliphatic heterocycles. The standard InChI is InChI=1S/C15H26N2O3/c1-14(2,3)20-13(19)17-9-5-6-11(10-17)15(4)8-7-12(18)16-15/h11H,5-10H2,1-4H3,(H,16,18). The molecule has 2 atom stereocenters. The quantitative estimate of drug-likeness (QED) is 0.803. The average Bonchev–Trinajstić information content (AvgIpc) is 2.69. The van der Waals surface area contributed by atoms with Crippen LogP contribution in [0.1, 0.15) is 53.4 Å². The second-order valence-corrected chi connectivity index (χ2v) is 7.23. The lowest BCUT2D eigenvalue weighted by Crippen LogP contribution is -2.53. The highest BCUT2D eigenvalue weighted by Gasteiger charge is 2.43. The smallest absolute Gasteiger partial charge is 0.410 e. The second-order valence-electron chi connectivity index (χ2n) is 7.23. The van der Waals surface area contributed by atoms with Crippen LogP contribution in [-0.2, 0) is 9.53 Å². The molecule has 20 heavy (non-hydrogen) atoms. The molecule has 2 saturated heterocycles. The number of nitrogens with zero attached hydrogens (tertiary/aromatic N) is 1. The van der Waals surface area contributed by atoms with Crippen LogP contribution in [0.3, 0.4) is 0 Å². The summed E-state index contributed by atoms with van der Waals surface area (Å²) in [6, 6.07) is 0. The molecule has 0 bridgehead atoms. The van der Waals surface area contributed by atoms with E-state index in [4.69, 9.17) is 4.74 Å². The molecule has 2 amide bonds. The van der Waals surface area contributed by atoms with Crippen LogP contribution in [0.2, 0.25) is 0 Å². The van der Waals surface area contributed by atoms with E-state index in [0.717, 1.165) is 25.8 Å². The van der Waals surface area contributed by atoms with Gasteiger partial charge in [0.05, 0.1) is 0 Å². The second kappa shape index (κ2) is 5.26. The van der Waals surface area contributed by atoms with E-state index in [1.165, 1.54) is 0 Å². The Morgan fingerprint density at radius 3 is 2.70 bits per heavy atom. The van der Waals surface area contributed by atoms with E-state index in [0.29, 0.717) is 18.9 Å². The van der Waals surface area contributed by atoms with Crippen LogP contribution in [0, 0.1) is 5.92 Å². The Bertz CT molecular complexity index is 402. The molecule has 0 saturated carbocycles. The molecule has 2 unspecified atom stereocenters. The maximum Gasteiger partial charge on any atom is 0.410 e. The highest BCUT2D eigenvalue weighted by atomic mass is 16.6. The van der Waals surface area contributed by atoms with Crippen molar-refractivity contribution in [3.63, 3.8) is 0 Å². The number of amides is 2. The van der Waals surface area contributed by atoms with Gasteiger partial charge >= 0.3 is 6.09 Å². The molecule has 2 aliphatic rings. The Hall–Kier alpha value is -1.26. The molecule has 2 fully saturated rings. The van der Waals surface area contributed by atoms with Crippen LogP contribution in [0.4, 0.5) is 4.79 Å². The Balaban J connectivity index is 1.98. The number of carbonyl (C=O) groups excluding carboxylic acids is 2. The van der Waals surface area contributed by atoms with Gasteiger partial charge in [-0.05, 0) is 52.9 Å². The molecule has 2 rings (SSSR count). The highest BCUT2D eigenvalue weighted by molar-refractivity contribution is 5.79. The van der Waals surface area contributed by atoms with Gasteiger partial charge in [0.25, 0.3) is 0 Å². The number of likely N-dealkylation sites (tertiary alicyclic amines) is 1. The predicted molar refractivity (Wildman–Crippen MR) is 76.3 cm³/mol. The normalized spacial score (nSPS) is 31.1. The van der Waals surface area contributed by atoms with Gasteiger partial charge in [0.15, 0.2) is 0 Å². The summed E-state index contributed by atoms with van der Waals surface area (Å²) in [5.41, 5.74) is -0.632. The number of hydrogen-bond acceptors (Lipinski definition) is 3. The Kier molecular flexibility index (Phi) is 3.98. The molecule has 1 N–H and O–H groups in total. The van der Waals surface area contributed by atoms with Gasteiger partial charge in [0.2, 0.25) is 5.91 Å². The van der Waals surface area contributed by atoms with Crippen molar-refractivity contribution in [2.75, 3.05) is 13.1 Å². The number of carbonyl (C=O) groups is 2. The van der Waals surface area contributed by atoms with E-state index in [-0.39, 0.29) is 17.5 Å². The maximum atomic E-state index is 12.2. The van der Waals surface area contributed by atoms with Gasteiger partial charge in [-0.15, -0.1) is 0 Å². The van der Waals surface area contributed by atoms with Crippen molar-refractivity contribution in [3.05, 3.63) is 0 Å². The Morgan fingerprint density at radius 1 is 1.45 bits per heavy atom. The van der Waals surface area contributed by atoms with E-state index in [9.17, 15) is 9.59 Å². The minimum absolute atomic E-state index is 0.127. The molecule has 0 spiro atoms. The maximum absolute atomic E-state index is 12.2. The lowest BCUT2D eigenvalue weighted by Gasteiger charge is -2.41. The highest BCUT2D eigenvalue weighted by Crippen LogP contribution is 2.34. The third-order valence-corrected chi connectivity index (χ3v) is 4.27. The van der Waals surface area contributed by atoms with E-state index in [1.807, 2.05) is 20.8 Å². The largest absolute Gasteiger partial charge is 0.444 e. The zero-order chi connectivity index (χ0) is 15.0. The fourth-order valence-electron chi connectivity index (χ4n) is 3.11. The summed E-state index contributed by atoms with van der Waals surface area (Å²) in [5.74, 6) is 0.442. The van der Waals surface area contributed by atoms with Gasteiger partial charge in [0, 0.05) is 25.0 Å². The van der Waals surface area contributed by atoms with Crippen LogP contribution < -0.4 is 5.32 Å². The van der Waals surface area contributed by atoms with Crippen LogP contribution in [0.25, 0.3) is 0 Å². The fourth-order valence-corrected chi connectivity index (χ4v) is 3.11. The third kappa shape index (κ3) is 3.44. The van der Waals surface area contributed by atoms with Crippen molar-refractivity contribution in [2.24, 2.45) is 5.92 Å². The van der Waals surface area contributed by atoms with E-state index in [1.54, 1.807) is 4.90 Å². The monoisotopic (exact) mass is 282 g/mol. The van der Waals surface area contributed by atoms with Crippen LogP contribution in [-0.4, -0.2) is 41.1 Å². The van der Waals surface area contributed by atoms with Crippen molar-refractivity contribution in [1.82, 2.24) is 10.2 Å². The molecule has 0 aromatic carbocycles. The minimum Gasteiger partial charge on any atom is -0.444 e. The summed E-state index contributed by atoms with van der Waals surface area (Å²) >= 11 is 0. The van der Waals surface area contributed by atoms with E-state index in [2.05, 4.69) is 12.2 Å². The molecular weight excluding hydrogens is 256 g/mol. The van der Waals surface area contributed by atoms with Crippen molar-refractivity contribution < 1.29 is 14.3 Å².